The minimum absolute atomic E-state index is 0.0168. The lowest BCUT2D eigenvalue weighted by Crippen LogP contribution is -2.36. The van der Waals surface area contributed by atoms with E-state index >= 15 is 0 Å². The zero-order valence-electron chi connectivity index (χ0n) is 13.9. The number of aryl methyl sites for hydroxylation is 2. The Kier molecular flexibility index (Phi) is 5.98. The van der Waals surface area contributed by atoms with Crippen molar-refractivity contribution in [3.05, 3.63) is 57.6 Å². The van der Waals surface area contributed by atoms with Crippen molar-refractivity contribution in [2.75, 3.05) is 18.0 Å². The van der Waals surface area contributed by atoms with Gasteiger partial charge in [-0.25, -0.2) is 8.42 Å². The van der Waals surface area contributed by atoms with Crippen LogP contribution < -0.4 is 4.31 Å². The van der Waals surface area contributed by atoms with E-state index in [4.69, 9.17) is 23.2 Å². The first-order chi connectivity index (χ1) is 11.7. The summed E-state index contributed by atoms with van der Waals surface area (Å²) >= 11 is 12.0. The molecule has 2 aromatic carbocycles. The van der Waals surface area contributed by atoms with Gasteiger partial charge in [-0.15, -0.1) is 0 Å². The second kappa shape index (κ2) is 7.64. The number of esters is 1. The van der Waals surface area contributed by atoms with E-state index in [1.165, 1.54) is 25.3 Å². The Balaban J connectivity index is 2.63. The lowest BCUT2D eigenvalue weighted by atomic mass is 10.1. The molecule has 2 rings (SSSR count). The Bertz CT molecular complexity index is 913. The predicted octanol–water partition coefficient (Wildman–Crippen LogP) is 3.98. The van der Waals surface area contributed by atoms with Crippen molar-refractivity contribution in [3.8, 4) is 0 Å². The normalized spacial score (nSPS) is 11.2. The standard InChI is InChI=1S/C17H17Cl2NO4S/c1-11-4-6-14(8-12(11)2)20(10-17(21)24-3)25(22,23)16-9-13(18)5-7-15(16)19/h4-9H,10H2,1-3H3. The minimum Gasteiger partial charge on any atom is -0.468 e. The number of hydrogen-bond acceptors (Lipinski definition) is 4. The van der Waals surface area contributed by atoms with Crippen LogP contribution in [0.2, 0.25) is 10.0 Å². The van der Waals surface area contributed by atoms with Gasteiger partial charge in [0.25, 0.3) is 10.0 Å². The number of nitrogens with zero attached hydrogens (tertiary/aromatic N) is 1. The van der Waals surface area contributed by atoms with Gasteiger partial charge in [0.2, 0.25) is 0 Å². The highest BCUT2D eigenvalue weighted by Gasteiger charge is 2.30. The third-order valence-corrected chi connectivity index (χ3v) is 6.23. The van der Waals surface area contributed by atoms with Crippen molar-refractivity contribution in [1.82, 2.24) is 0 Å². The van der Waals surface area contributed by atoms with Crippen LogP contribution in [0.25, 0.3) is 0 Å². The van der Waals surface area contributed by atoms with Gasteiger partial charge in [0.15, 0.2) is 0 Å². The highest BCUT2D eigenvalue weighted by molar-refractivity contribution is 7.93. The van der Waals surface area contributed by atoms with Crippen molar-refractivity contribution >= 4 is 44.9 Å². The SMILES string of the molecule is COC(=O)CN(c1ccc(C)c(C)c1)S(=O)(=O)c1cc(Cl)ccc1Cl. The van der Waals surface area contributed by atoms with Crippen LogP contribution in [0, 0.1) is 13.8 Å². The van der Waals surface area contributed by atoms with Crippen LogP contribution in [0.5, 0.6) is 0 Å². The molecule has 0 radical (unpaired) electrons. The monoisotopic (exact) mass is 401 g/mol. The van der Waals surface area contributed by atoms with Crippen molar-refractivity contribution in [2.24, 2.45) is 0 Å². The number of rotatable bonds is 5. The number of methoxy groups -OCH3 is 1. The molecule has 0 saturated carbocycles. The topological polar surface area (TPSA) is 63.7 Å². The van der Waals surface area contributed by atoms with Crippen LogP contribution in [-0.4, -0.2) is 28.0 Å². The second-order valence-electron chi connectivity index (χ2n) is 5.43. The zero-order valence-corrected chi connectivity index (χ0v) is 16.2. The molecule has 0 aliphatic rings. The molecule has 5 nitrogen and oxygen atoms in total. The number of hydrogen-bond donors (Lipinski definition) is 0. The first-order valence-electron chi connectivity index (χ1n) is 7.28. The number of halogens is 2. The average Bonchev–Trinajstić information content (AvgIpc) is 2.57. The summed E-state index contributed by atoms with van der Waals surface area (Å²) in [6.45, 7) is 3.28. The molecule has 0 spiro atoms. The summed E-state index contributed by atoms with van der Waals surface area (Å²) in [6, 6.07) is 9.24. The first-order valence-corrected chi connectivity index (χ1v) is 9.48. The molecule has 0 amide bonds. The van der Waals surface area contributed by atoms with E-state index in [9.17, 15) is 13.2 Å². The Morgan fingerprint density at radius 3 is 2.36 bits per heavy atom. The molecule has 0 atom stereocenters. The fraction of sp³-hybridized carbons (Fsp3) is 0.235. The van der Waals surface area contributed by atoms with Gasteiger partial charge in [0.05, 0.1) is 17.8 Å². The van der Waals surface area contributed by atoms with E-state index in [0.29, 0.717) is 5.69 Å². The fourth-order valence-corrected chi connectivity index (χ4v) is 4.31. The van der Waals surface area contributed by atoms with Gasteiger partial charge >= 0.3 is 5.97 Å². The Labute approximate surface area is 157 Å². The van der Waals surface area contributed by atoms with Gasteiger partial charge in [-0.1, -0.05) is 29.3 Å². The van der Waals surface area contributed by atoms with E-state index in [-0.39, 0.29) is 14.9 Å². The summed E-state index contributed by atoms with van der Waals surface area (Å²) in [5.41, 5.74) is 2.23. The second-order valence-corrected chi connectivity index (χ2v) is 8.11. The first kappa shape index (κ1) is 19.6. The minimum atomic E-state index is -4.13. The van der Waals surface area contributed by atoms with Crippen molar-refractivity contribution in [2.45, 2.75) is 18.7 Å². The van der Waals surface area contributed by atoms with Crippen molar-refractivity contribution < 1.29 is 17.9 Å². The molecular weight excluding hydrogens is 385 g/mol. The summed E-state index contributed by atoms with van der Waals surface area (Å²) < 4.78 is 31.9. The van der Waals surface area contributed by atoms with E-state index in [2.05, 4.69) is 4.74 Å². The highest BCUT2D eigenvalue weighted by atomic mass is 35.5. The lowest BCUT2D eigenvalue weighted by Gasteiger charge is -2.24. The van der Waals surface area contributed by atoms with Gasteiger partial charge in [-0.05, 0) is 55.3 Å². The summed E-state index contributed by atoms with van der Waals surface area (Å²) in [7, 11) is -2.93. The van der Waals surface area contributed by atoms with Gasteiger partial charge in [0.1, 0.15) is 11.4 Å². The Hall–Kier alpha value is -1.76. The largest absolute Gasteiger partial charge is 0.468 e. The molecule has 0 bridgehead atoms. The number of sulfonamides is 1. The van der Waals surface area contributed by atoms with Gasteiger partial charge < -0.3 is 4.74 Å². The molecule has 0 aliphatic carbocycles. The fourth-order valence-electron chi connectivity index (χ4n) is 2.17. The van der Waals surface area contributed by atoms with Gasteiger partial charge in [-0.2, -0.15) is 0 Å². The number of carbonyl (C=O) groups excluding carboxylic acids is 1. The molecule has 0 N–H and O–H groups in total. The summed E-state index contributed by atoms with van der Waals surface area (Å²) in [5, 5.41) is 0.240. The number of carbonyl (C=O) groups is 1. The summed E-state index contributed by atoms with van der Waals surface area (Å²) in [4.78, 5) is 11.6. The van der Waals surface area contributed by atoms with E-state index in [1.807, 2.05) is 13.8 Å². The molecule has 0 unspecified atom stereocenters. The molecule has 0 aromatic heterocycles. The van der Waals surface area contributed by atoms with Gasteiger partial charge in [0, 0.05) is 5.02 Å². The number of benzene rings is 2. The molecular formula is C17H17Cl2NO4S. The molecule has 25 heavy (non-hydrogen) atoms. The van der Waals surface area contributed by atoms with E-state index < -0.39 is 22.5 Å². The molecule has 134 valence electrons. The molecule has 2 aromatic rings. The van der Waals surface area contributed by atoms with Crippen LogP contribution in [-0.2, 0) is 19.6 Å². The maximum absolute atomic E-state index is 13.1. The molecule has 8 heteroatoms. The van der Waals surface area contributed by atoms with Gasteiger partial charge in [-0.3, -0.25) is 9.10 Å². The molecule has 0 saturated heterocycles. The number of anilines is 1. The van der Waals surface area contributed by atoms with E-state index in [0.717, 1.165) is 15.4 Å². The molecule has 0 fully saturated rings. The van der Waals surface area contributed by atoms with Crippen LogP contribution >= 0.6 is 23.2 Å². The van der Waals surface area contributed by atoms with Crippen molar-refractivity contribution in [3.63, 3.8) is 0 Å². The predicted molar refractivity (Wildman–Crippen MR) is 98.9 cm³/mol. The van der Waals surface area contributed by atoms with E-state index in [1.54, 1.807) is 18.2 Å². The van der Waals surface area contributed by atoms with Crippen LogP contribution in [0.4, 0.5) is 5.69 Å². The average molecular weight is 402 g/mol. The quantitative estimate of drug-likeness (QED) is 0.710. The van der Waals surface area contributed by atoms with Crippen LogP contribution in [0.15, 0.2) is 41.3 Å². The Morgan fingerprint density at radius 2 is 1.76 bits per heavy atom. The smallest absolute Gasteiger partial charge is 0.326 e. The van der Waals surface area contributed by atoms with Crippen molar-refractivity contribution in [1.29, 1.82) is 0 Å². The van der Waals surface area contributed by atoms with Crippen LogP contribution in [0.3, 0.4) is 0 Å². The zero-order chi connectivity index (χ0) is 18.8. The summed E-state index contributed by atoms with van der Waals surface area (Å²) in [6.07, 6.45) is 0. The third-order valence-electron chi connectivity index (χ3n) is 3.74. The third kappa shape index (κ3) is 4.26. The Morgan fingerprint density at radius 1 is 1.08 bits per heavy atom. The lowest BCUT2D eigenvalue weighted by molar-refractivity contribution is -0.138. The van der Waals surface area contributed by atoms with Crippen LogP contribution in [0.1, 0.15) is 11.1 Å². The number of ether oxygens (including phenoxy) is 1. The highest BCUT2D eigenvalue weighted by Crippen LogP contribution is 2.31. The maximum Gasteiger partial charge on any atom is 0.326 e. The maximum atomic E-state index is 13.1. The molecule has 0 heterocycles. The summed E-state index contributed by atoms with van der Waals surface area (Å²) in [5.74, 6) is -0.694. The molecule has 0 aliphatic heterocycles.